The van der Waals surface area contributed by atoms with Gasteiger partial charge in [-0.15, -0.1) is 0 Å². The summed E-state index contributed by atoms with van der Waals surface area (Å²) in [7, 11) is 0. The molecule has 0 radical (unpaired) electrons. The van der Waals surface area contributed by atoms with E-state index in [2.05, 4.69) is 30.6 Å². The number of hydrogen-bond acceptors (Lipinski definition) is 6. The predicted octanol–water partition coefficient (Wildman–Crippen LogP) is 7.42. The Balaban J connectivity index is 1.28. The van der Waals surface area contributed by atoms with Gasteiger partial charge in [0.2, 0.25) is 0 Å². The zero-order chi connectivity index (χ0) is 30.4. The van der Waals surface area contributed by atoms with Gasteiger partial charge in [-0.05, 0) is 73.9 Å². The van der Waals surface area contributed by atoms with Gasteiger partial charge >= 0.3 is 5.97 Å². The van der Waals surface area contributed by atoms with Crippen LogP contribution >= 0.6 is 23.2 Å². The lowest BCUT2D eigenvalue weighted by Crippen LogP contribution is -2.46. The summed E-state index contributed by atoms with van der Waals surface area (Å²) in [5, 5.41) is 2.09. The molecule has 42 heavy (non-hydrogen) atoms. The topological polar surface area (TPSA) is 64.0 Å². The van der Waals surface area contributed by atoms with Crippen molar-refractivity contribution < 1.29 is 14.3 Å². The lowest BCUT2D eigenvalue weighted by Gasteiger charge is -2.36. The molecule has 0 spiro atoms. The number of halogens is 2. The Labute approximate surface area is 259 Å². The molecule has 4 rings (SSSR count). The van der Waals surface area contributed by atoms with Crippen molar-refractivity contribution >= 4 is 45.8 Å². The van der Waals surface area contributed by atoms with Crippen LogP contribution in [0.3, 0.4) is 0 Å². The molecule has 1 saturated heterocycles. The number of pyridine rings is 1. The van der Waals surface area contributed by atoms with E-state index in [9.17, 15) is 9.59 Å². The fourth-order valence-electron chi connectivity index (χ4n) is 5.61. The number of esters is 1. The van der Waals surface area contributed by atoms with Gasteiger partial charge in [0.1, 0.15) is 5.75 Å². The first kappa shape index (κ1) is 32.2. The van der Waals surface area contributed by atoms with Crippen molar-refractivity contribution in [2.75, 3.05) is 44.2 Å². The minimum Gasteiger partial charge on any atom is -0.494 e. The zero-order valence-electron chi connectivity index (χ0n) is 25.4. The van der Waals surface area contributed by atoms with Crippen molar-refractivity contribution in [3.8, 4) is 5.75 Å². The van der Waals surface area contributed by atoms with Crippen LogP contribution in [0.2, 0.25) is 10.0 Å². The zero-order valence-corrected chi connectivity index (χ0v) is 26.9. The molecular weight excluding hydrogens is 573 g/mol. The monoisotopic (exact) mass is 615 g/mol. The van der Waals surface area contributed by atoms with Crippen LogP contribution in [-0.4, -0.2) is 54.8 Å². The molecule has 0 aliphatic carbocycles. The fourth-order valence-corrected chi connectivity index (χ4v) is 6.03. The van der Waals surface area contributed by atoms with E-state index in [0.717, 1.165) is 56.6 Å². The normalized spacial score (nSPS) is 15.9. The molecule has 2 heterocycles. The summed E-state index contributed by atoms with van der Waals surface area (Å²) in [4.78, 5) is 30.4. The Hall–Kier alpha value is -2.74. The van der Waals surface area contributed by atoms with E-state index < -0.39 is 6.23 Å². The van der Waals surface area contributed by atoms with Gasteiger partial charge in [-0.3, -0.25) is 19.1 Å². The number of unbranched alkanes of at least 4 members (excludes halogenated alkanes) is 1. The molecule has 1 aliphatic heterocycles. The van der Waals surface area contributed by atoms with E-state index in [1.54, 1.807) is 13.0 Å². The highest BCUT2D eigenvalue weighted by Gasteiger charge is 2.25. The standard InChI is InChI=1S/C33H43Cl2N3O4/c1-23(22-33(3,4)5)32(40)42-24(2)38-29-21-26(13-11-25(29)12-14-30(38)39)41-20-7-6-15-36-16-18-37(19-17-36)28-10-8-9-27(34)31(28)35/h8-14,21,23-24H,6-7,15-20,22H2,1-5H3. The Morgan fingerprint density at radius 3 is 2.40 bits per heavy atom. The number of hydrogen-bond donors (Lipinski definition) is 0. The van der Waals surface area contributed by atoms with Gasteiger partial charge in [-0.2, -0.15) is 0 Å². The average Bonchev–Trinajstić information content (AvgIpc) is 2.93. The summed E-state index contributed by atoms with van der Waals surface area (Å²) in [5.41, 5.74) is 1.47. The largest absolute Gasteiger partial charge is 0.494 e. The van der Waals surface area contributed by atoms with Gasteiger partial charge in [-0.25, -0.2) is 0 Å². The minimum absolute atomic E-state index is 0.00555. The van der Waals surface area contributed by atoms with Crippen molar-refractivity contribution in [2.45, 2.75) is 60.1 Å². The third kappa shape index (κ3) is 8.42. The third-order valence-corrected chi connectivity index (χ3v) is 8.47. The second-order valence-electron chi connectivity index (χ2n) is 12.4. The van der Waals surface area contributed by atoms with E-state index in [1.165, 1.54) is 10.6 Å². The number of carbonyl (C=O) groups excluding carboxylic acids is 1. The van der Waals surface area contributed by atoms with E-state index in [-0.39, 0.29) is 22.9 Å². The molecule has 0 saturated carbocycles. The van der Waals surface area contributed by atoms with Crippen LogP contribution in [-0.2, 0) is 9.53 Å². The smallest absolute Gasteiger partial charge is 0.310 e. The number of nitrogens with zero attached hydrogens (tertiary/aromatic N) is 3. The Morgan fingerprint density at radius 1 is 0.976 bits per heavy atom. The Bertz CT molecular complexity index is 1430. The van der Waals surface area contributed by atoms with Crippen molar-refractivity contribution in [3.05, 3.63) is 68.9 Å². The molecular formula is C33H43Cl2N3O4. The number of piperazine rings is 1. The number of ether oxygens (including phenoxy) is 2. The molecule has 7 nitrogen and oxygen atoms in total. The molecule has 0 N–H and O–H groups in total. The average molecular weight is 617 g/mol. The van der Waals surface area contributed by atoms with Crippen molar-refractivity contribution in [2.24, 2.45) is 11.3 Å². The van der Waals surface area contributed by atoms with Gasteiger partial charge in [0.05, 0.1) is 33.8 Å². The maximum Gasteiger partial charge on any atom is 0.310 e. The van der Waals surface area contributed by atoms with Crippen molar-refractivity contribution in [1.29, 1.82) is 0 Å². The van der Waals surface area contributed by atoms with Crippen LogP contribution in [0.25, 0.3) is 10.9 Å². The number of rotatable bonds is 11. The second kappa shape index (κ2) is 14.2. The molecule has 9 heteroatoms. The minimum atomic E-state index is -0.735. The first-order valence-electron chi connectivity index (χ1n) is 14.8. The lowest BCUT2D eigenvalue weighted by molar-refractivity contribution is -0.158. The van der Waals surface area contributed by atoms with Gasteiger partial charge < -0.3 is 14.4 Å². The van der Waals surface area contributed by atoms with Gasteiger partial charge in [0.15, 0.2) is 6.23 Å². The number of anilines is 1. The SMILES string of the molecule is CC(CC(C)(C)C)C(=O)OC(C)n1c(=O)ccc2ccc(OCCCCN3CCN(c4cccc(Cl)c4Cl)CC3)cc21. The third-order valence-electron chi connectivity index (χ3n) is 7.66. The fraction of sp³-hybridized carbons (Fsp3) is 0.515. The van der Waals surface area contributed by atoms with Gasteiger partial charge in [0.25, 0.3) is 5.56 Å². The molecule has 0 bridgehead atoms. The van der Waals surface area contributed by atoms with Crippen LogP contribution in [0.4, 0.5) is 5.69 Å². The Morgan fingerprint density at radius 2 is 1.69 bits per heavy atom. The van der Waals surface area contributed by atoms with E-state index in [4.69, 9.17) is 32.7 Å². The first-order chi connectivity index (χ1) is 19.9. The van der Waals surface area contributed by atoms with Gasteiger partial charge in [-0.1, -0.05) is 57.0 Å². The summed E-state index contributed by atoms with van der Waals surface area (Å²) in [6.07, 6.45) is 1.91. The number of fused-ring (bicyclic) bond motifs is 1. The molecule has 2 aromatic carbocycles. The van der Waals surface area contributed by atoms with Crippen LogP contribution < -0.4 is 15.2 Å². The van der Waals surface area contributed by atoms with E-state index in [0.29, 0.717) is 34.3 Å². The molecule has 1 fully saturated rings. The summed E-state index contributed by atoms with van der Waals surface area (Å²) in [6.45, 7) is 15.3. The Kier molecular flexibility index (Phi) is 10.8. The second-order valence-corrected chi connectivity index (χ2v) is 13.2. The number of benzene rings is 2. The van der Waals surface area contributed by atoms with E-state index >= 15 is 0 Å². The lowest BCUT2D eigenvalue weighted by atomic mass is 9.85. The van der Waals surface area contributed by atoms with Gasteiger partial charge in [0, 0.05) is 38.3 Å². The quantitative estimate of drug-likeness (QED) is 0.165. The molecule has 3 aromatic rings. The van der Waals surface area contributed by atoms with Crippen molar-refractivity contribution in [3.63, 3.8) is 0 Å². The number of carbonyl (C=O) groups is 1. The first-order valence-corrected chi connectivity index (χ1v) is 15.6. The van der Waals surface area contributed by atoms with Crippen molar-refractivity contribution in [1.82, 2.24) is 9.47 Å². The van der Waals surface area contributed by atoms with Crippen LogP contribution in [0.15, 0.2) is 53.3 Å². The highest BCUT2D eigenvalue weighted by molar-refractivity contribution is 6.43. The summed E-state index contributed by atoms with van der Waals surface area (Å²) in [5.74, 6) is 0.124. The maximum atomic E-state index is 12.9. The molecule has 2 unspecified atom stereocenters. The van der Waals surface area contributed by atoms with E-state index in [1.807, 2.05) is 43.3 Å². The summed E-state index contributed by atoms with van der Waals surface area (Å²) in [6, 6.07) is 14.8. The van der Waals surface area contributed by atoms with Crippen LogP contribution in [0.5, 0.6) is 5.75 Å². The predicted molar refractivity (Wildman–Crippen MR) is 172 cm³/mol. The van der Waals surface area contributed by atoms with Crippen LogP contribution in [0.1, 0.15) is 60.1 Å². The highest BCUT2D eigenvalue weighted by atomic mass is 35.5. The molecule has 228 valence electrons. The molecule has 2 atom stereocenters. The molecule has 0 amide bonds. The summed E-state index contributed by atoms with van der Waals surface area (Å²) < 4.78 is 13.4. The molecule has 1 aliphatic rings. The molecule has 1 aromatic heterocycles. The van der Waals surface area contributed by atoms with Crippen LogP contribution in [0, 0.1) is 11.3 Å². The highest BCUT2D eigenvalue weighted by Crippen LogP contribution is 2.33. The summed E-state index contributed by atoms with van der Waals surface area (Å²) >= 11 is 12.6. The maximum absolute atomic E-state index is 12.9. The number of aromatic nitrogens is 1.